The van der Waals surface area contributed by atoms with Crippen molar-refractivity contribution in [1.82, 2.24) is 0 Å². The average Bonchev–Trinajstić information content (AvgIpc) is 2.51. The summed E-state index contributed by atoms with van der Waals surface area (Å²) in [5.74, 6) is -1.43. The van der Waals surface area contributed by atoms with Gasteiger partial charge in [0.15, 0.2) is 0 Å². The van der Waals surface area contributed by atoms with E-state index in [0.717, 1.165) is 0 Å². The van der Waals surface area contributed by atoms with Crippen LogP contribution in [0.5, 0.6) is 5.75 Å². The van der Waals surface area contributed by atoms with Crippen LogP contribution < -0.4 is 4.74 Å². The van der Waals surface area contributed by atoms with Gasteiger partial charge in [-0.3, -0.25) is 0 Å². The summed E-state index contributed by atoms with van der Waals surface area (Å²) in [5.41, 5.74) is -3.30. The van der Waals surface area contributed by atoms with Crippen LogP contribution in [0.4, 0.5) is 26.3 Å². The van der Waals surface area contributed by atoms with E-state index in [1.165, 1.54) is 0 Å². The second-order valence-electron chi connectivity index (χ2n) is 4.90. The average molecular weight is 369 g/mol. The first-order valence-electron chi connectivity index (χ1n) is 6.67. The zero-order chi connectivity index (χ0) is 18.0. The fraction of sp³-hybridized carbons (Fsp3) is 0.250. The highest BCUT2D eigenvalue weighted by Gasteiger charge is 2.41. The van der Waals surface area contributed by atoms with Gasteiger partial charge in [0.1, 0.15) is 12.4 Å². The molecule has 2 rings (SSSR count). The third kappa shape index (κ3) is 4.35. The van der Waals surface area contributed by atoms with Crippen LogP contribution in [0, 0.1) is 0 Å². The first kappa shape index (κ1) is 18.4. The molecule has 0 atom stereocenters. The van der Waals surface area contributed by atoms with E-state index in [2.05, 4.69) is 0 Å². The van der Waals surface area contributed by atoms with Gasteiger partial charge in [0, 0.05) is 5.88 Å². The van der Waals surface area contributed by atoms with Crippen molar-refractivity contribution in [3.8, 4) is 5.75 Å². The van der Waals surface area contributed by atoms with Gasteiger partial charge in [0.05, 0.1) is 11.1 Å². The van der Waals surface area contributed by atoms with Gasteiger partial charge in [-0.1, -0.05) is 30.3 Å². The first-order chi connectivity index (χ1) is 11.1. The number of alkyl halides is 7. The fourth-order valence-corrected chi connectivity index (χ4v) is 2.41. The summed E-state index contributed by atoms with van der Waals surface area (Å²) in [6, 6.07) is 9.44. The van der Waals surface area contributed by atoms with Gasteiger partial charge >= 0.3 is 12.4 Å². The molecule has 0 amide bonds. The molecule has 0 saturated carbocycles. The van der Waals surface area contributed by atoms with E-state index in [9.17, 15) is 26.3 Å². The fourth-order valence-electron chi connectivity index (χ4n) is 2.12. The molecule has 130 valence electrons. The molecule has 0 aromatic heterocycles. The highest BCUT2D eigenvalue weighted by molar-refractivity contribution is 6.17. The molecule has 0 bridgehead atoms. The number of halogens is 7. The minimum absolute atomic E-state index is 0.157. The Labute approximate surface area is 138 Å². The Kier molecular flexibility index (Phi) is 5.32. The Morgan fingerprint density at radius 3 is 1.75 bits per heavy atom. The van der Waals surface area contributed by atoms with Crippen molar-refractivity contribution < 1.29 is 31.1 Å². The lowest BCUT2D eigenvalue weighted by atomic mass is 10.0. The van der Waals surface area contributed by atoms with Crippen LogP contribution in [0.3, 0.4) is 0 Å². The topological polar surface area (TPSA) is 9.23 Å². The van der Waals surface area contributed by atoms with Gasteiger partial charge in [-0.15, -0.1) is 11.6 Å². The van der Waals surface area contributed by atoms with Crippen LogP contribution in [0.25, 0.3) is 0 Å². The maximum Gasteiger partial charge on any atom is 0.416 e. The maximum atomic E-state index is 13.1. The monoisotopic (exact) mass is 368 g/mol. The summed E-state index contributed by atoms with van der Waals surface area (Å²) in [4.78, 5) is 0. The van der Waals surface area contributed by atoms with Gasteiger partial charge in [0.25, 0.3) is 0 Å². The van der Waals surface area contributed by atoms with E-state index < -0.39 is 40.7 Å². The van der Waals surface area contributed by atoms with Gasteiger partial charge in [0.2, 0.25) is 0 Å². The number of rotatable bonds is 4. The van der Waals surface area contributed by atoms with Crippen LogP contribution in [-0.4, -0.2) is 0 Å². The molecular formula is C16H11ClF6O. The van der Waals surface area contributed by atoms with E-state index in [0.29, 0.717) is 17.7 Å². The van der Waals surface area contributed by atoms with Crippen LogP contribution >= 0.6 is 11.6 Å². The molecule has 0 aliphatic heterocycles. The molecule has 0 N–H and O–H groups in total. The van der Waals surface area contributed by atoms with Gasteiger partial charge in [-0.2, -0.15) is 26.3 Å². The van der Waals surface area contributed by atoms with Gasteiger partial charge in [-0.05, 0) is 23.3 Å². The van der Waals surface area contributed by atoms with Crippen LogP contribution in [0.1, 0.15) is 22.3 Å². The van der Waals surface area contributed by atoms with E-state index >= 15 is 0 Å². The number of benzene rings is 2. The summed E-state index contributed by atoms with van der Waals surface area (Å²) in [6.45, 7) is -0.157. The normalized spacial score (nSPS) is 12.3. The van der Waals surface area contributed by atoms with Crippen molar-refractivity contribution in [1.29, 1.82) is 0 Å². The van der Waals surface area contributed by atoms with Crippen molar-refractivity contribution in [3.63, 3.8) is 0 Å². The molecule has 24 heavy (non-hydrogen) atoms. The van der Waals surface area contributed by atoms with Crippen molar-refractivity contribution in [2.75, 3.05) is 0 Å². The summed E-state index contributed by atoms with van der Waals surface area (Å²) in [7, 11) is 0. The minimum atomic E-state index is -4.98. The van der Waals surface area contributed by atoms with E-state index in [1.54, 1.807) is 30.3 Å². The predicted octanol–water partition coefficient (Wildman–Crippen LogP) is 6.04. The minimum Gasteiger partial charge on any atom is -0.489 e. The number of hydrogen-bond donors (Lipinski definition) is 0. The standard InChI is InChI=1S/C16H11ClF6O/c17-8-12-13(15(18,19)20)6-11(7-14(12)16(21,22)23)24-9-10-4-2-1-3-5-10/h1-7H,8-9H2. The molecule has 0 unspecified atom stereocenters. The summed E-state index contributed by atoms with van der Waals surface area (Å²) in [5, 5.41) is 0. The Hall–Kier alpha value is -1.89. The molecule has 2 aromatic rings. The smallest absolute Gasteiger partial charge is 0.416 e. The third-order valence-electron chi connectivity index (χ3n) is 3.22. The van der Waals surface area contributed by atoms with E-state index in [1.807, 2.05) is 0 Å². The van der Waals surface area contributed by atoms with Crippen LogP contribution in [0.15, 0.2) is 42.5 Å². The Balaban J connectivity index is 2.45. The molecular weight excluding hydrogens is 358 g/mol. The van der Waals surface area contributed by atoms with Gasteiger partial charge in [-0.25, -0.2) is 0 Å². The molecule has 0 saturated heterocycles. The van der Waals surface area contributed by atoms with Gasteiger partial charge < -0.3 is 4.74 Å². The molecule has 0 fully saturated rings. The van der Waals surface area contributed by atoms with Crippen LogP contribution in [-0.2, 0) is 24.8 Å². The van der Waals surface area contributed by atoms with Crippen molar-refractivity contribution in [2.24, 2.45) is 0 Å². The number of ether oxygens (including phenoxy) is 1. The van der Waals surface area contributed by atoms with Crippen molar-refractivity contribution in [3.05, 3.63) is 64.7 Å². The molecule has 2 aromatic carbocycles. The lowest BCUT2D eigenvalue weighted by Crippen LogP contribution is -2.16. The first-order valence-corrected chi connectivity index (χ1v) is 7.20. The Morgan fingerprint density at radius 2 is 1.33 bits per heavy atom. The lowest BCUT2D eigenvalue weighted by molar-refractivity contribution is -0.144. The second kappa shape index (κ2) is 6.93. The number of hydrogen-bond acceptors (Lipinski definition) is 1. The molecule has 8 heteroatoms. The van der Waals surface area contributed by atoms with E-state index in [-0.39, 0.29) is 6.61 Å². The lowest BCUT2D eigenvalue weighted by Gasteiger charge is -2.19. The summed E-state index contributed by atoms with van der Waals surface area (Å²) in [6.07, 6.45) is -9.95. The Morgan fingerprint density at radius 1 is 0.833 bits per heavy atom. The predicted molar refractivity (Wildman–Crippen MR) is 76.8 cm³/mol. The highest BCUT2D eigenvalue weighted by Crippen LogP contribution is 2.42. The quantitative estimate of drug-likeness (QED) is 0.472. The maximum absolute atomic E-state index is 13.1. The molecule has 0 heterocycles. The zero-order valence-corrected chi connectivity index (χ0v) is 12.8. The molecule has 0 radical (unpaired) electrons. The van der Waals surface area contributed by atoms with Crippen LogP contribution in [0.2, 0.25) is 0 Å². The SMILES string of the molecule is FC(F)(F)c1cc(OCc2ccccc2)cc(C(F)(F)F)c1CCl. The third-order valence-corrected chi connectivity index (χ3v) is 3.48. The molecule has 1 nitrogen and oxygen atoms in total. The van der Waals surface area contributed by atoms with E-state index in [4.69, 9.17) is 16.3 Å². The zero-order valence-electron chi connectivity index (χ0n) is 12.0. The largest absolute Gasteiger partial charge is 0.489 e. The second-order valence-corrected chi connectivity index (χ2v) is 5.17. The summed E-state index contributed by atoms with van der Waals surface area (Å²) >= 11 is 5.33. The Bertz CT molecular complexity index is 659. The molecule has 0 aliphatic carbocycles. The molecule has 0 aliphatic rings. The highest BCUT2D eigenvalue weighted by atomic mass is 35.5. The van der Waals surface area contributed by atoms with Crippen molar-refractivity contribution in [2.45, 2.75) is 24.8 Å². The van der Waals surface area contributed by atoms with Crippen molar-refractivity contribution >= 4 is 11.6 Å². The summed E-state index contributed by atoms with van der Waals surface area (Å²) < 4.78 is 83.5. The molecule has 0 spiro atoms.